The Labute approximate surface area is 140 Å². The number of ether oxygens (including phenoxy) is 1. The number of carbonyl (C=O) groups is 1. The van der Waals surface area contributed by atoms with Crippen LogP contribution in [-0.4, -0.2) is 35.1 Å². The van der Waals surface area contributed by atoms with Gasteiger partial charge in [0, 0.05) is 38.2 Å². The molecule has 0 saturated carbocycles. The minimum absolute atomic E-state index is 0.0189. The van der Waals surface area contributed by atoms with Crippen molar-refractivity contribution in [1.29, 1.82) is 0 Å². The maximum absolute atomic E-state index is 11.7. The van der Waals surface area contributed by atoms with Crippen molar-refractivity contribution < 1.29 is 9.53 Å². The third-order valence-electron chi connectivity index (χ3n) is 4.59. The van der Waals surface area contributed by atoms with E-state index in [-0.39, 0.29) is 12.0 Å². The Bertz CT molecular complexity index is 755. The van der Waals surface area contributed by atoms with Crippen LogP contribution in [0, 0.1) is 6.92 Å². The Balaban J connectivity index is 1.44. The molecule has 0 aliphatic carbocycles. The Morgan fingerprint density at radius 1 is 1.29 bits per heavy atom. The van der Waals surface area contributed by atoms with Gasteiger partial charge in [-0.3, -0.25) is 4.79 Å². The molecule has 6 nitrogen and oxygen atoms in total. The fourth-order valence-corrected chi connectivity index (χ4v) is 3.32. The minimum atomic E-state index is -0.0189. The first-order valence-electron chi connectivity index (χ1n) is 8.32. The average Bonchev–Trinajstić information content (AvgIpc) is 2.96. The van der Waals surface area contributed by atoms with Crippen molar-refractivity contribution >= 4 is 11.7 Å². The van der Waals surface area contributed by atoms with Crippen LogP contribution in [-0.2, 0) is 6.54 Å². The van der Waals surface area contributed by atoms with Crippen molar-refractivity contribution in [3.05, 3.63) is 47.3 Å². The lowest BCUT2D eigenvalue weighted by Gasteiger charge is -2.33. The summed E-state index contributed by atoms with van der Waals surface area (Å²) in [4.78, 5) is 23.0. The number of carbonyl (C=O) groups excluding carboxylic acids is 1. The van der Waals surface area contributed by atoms with Gasteiger partial charge in [-0.2, -0.15) is 0 Å². The number of aryl methyl sites for hydroxylation is 1. The molecular weight excluding hydrogens is 304 g/mol. The van der Waals surface area contributed by atoms with Crippen molar-refractivity contribution in [2.45, 2.75) is 32.4 Å². The van der Waals surface area contributed by atoms with Crippen LogP contribution in [0.15, 0.2) is 30.5 Å². The topological polar surface area (TPSA) is 67.3 Å². The fourth-order valence-electron chi connectivity index (χ4n) is 3.32. The number of fused-ring (bicyclic) bond motifs is 1. The van der Waals surface area contributed by atoms with Crippen molar-refractivity contribution in [2.75, 3.05) is 18.0 Å². The molecule has 2 aromatic heterocycles. The monoisotopic (exact) mass is 324 g/mol. The first-order valence-corrected chi connectivity index (χ1v) is 8.32. The van der Waals surface area contributed by atoms with E-state index in [1.807, 2.05) is 31.2 Å². The Kier molecular flexibility index (Phi) is 3.80. The van der Waals surface area contributed by atoms with Crippen LogP contribution in [0.4, 0.5) is 5.82 Å². The van der Waals surface area contributed by atoms with Gasteiger partial charge in [0.2, 0.25) is 5.88 Å². The summed E-state index contributed by atoms with van der Waals surface area (Å²) < 4.78 is 5.94. The maximum atomic E-state index is 11.7. The molecule has 1 saturated heterocycles. The lowest BCUT2D eigenvalue weighted by Crippen LogP contribution is -2.39. The van der Waals surface area contributed by atoms with Gasteiger partial charge in [-0.1, -0.05) is 6.07 Å². The van der Waals surface area contributed by atoms with E-state index >= 15 is 0 Å². The molecule has 24 heavy (non-hydrogen) atoms. The van der Waals surface area contributed by atoms with E-state index in [2.05, 4.69) is 15.2 Å². The lowest BCUT2D eigenvalue weighted by molar-refractivity contribution is 0.0965. The summed E-state index contributed by atoms with van der Waals surface area (Å²) in [5.74, 6) is 1.66. The molecule has 0 aromatic carbocycles. The SMILES string of the molecule is Cc1cc2c(nc1N1CCC(Oc3ccccn3)CC1)CNC2=O. The van der Waals surface area contributed by atoms with Crippen LogP contribution in [0.1, 0.15) is 34.5 Å². The van der Waals surface area contributed by atoms with E-state index in [0.29, 0.717) is 18.0 Å². The van der Waals surface area contributed by atoms with Crippen molar-refractivity contribution in [3.63, 3.8) is 0 Å². The highest BCUT2D eigenvalue weighted by Gasteiger charge is 2.26. The molecule has 1 N–H and O–H groups in total. The predicted molar refractivity (Wildman–Crippen MR) is 90.2 cm³/mol. The molecule has 0 spiro atoms. The van der Waals surface area contributed by atoms with E-state index < -0.39 is 0 Å². The van der Waals surface area contributed by atoms with Crippen LogP contribution in [0.3, 0.4) is 0 Å². The third kappa shape index (κ3) is 2.79. The Morgan fingerprint density at radius 2 is 2.12 bits per heavy atom. The van der Waals surface area contributed by atoms with Crippen LogP contribution >= 0.6 is 0 Å². The molecule has 1 amide bonds. The lowest BCUT2D eigenvalue weighted by atomic mass is 10.1. The molecule has 6 heteroatoms. The summed E-state index contributed by atoms with van der Waals surface area (Å²) in [5.41, 5.74) is 2.62. The number of nitrogens with one attached hydrogen (secondary N) is 1. The van der Waals surface area contributed by atoms with Crippen molar-refractivity contribution in [2.24, 2.45) is 0 Å². The molecule has 124 valence electrons. The van der Waals surface area contributed by atoms with Gasteiger partial charge in [-0.05, 0) is 24.6 Å². The zero-order valence-electron chi connectivity index (χ0n) is 13.7. The van der Waals surface area contributed by atoms with Crippen LogP contribution in [0.25, 0.3) is 0 Å². The second-order valence-corrected chi connectivity index (χ2v) is 6.28. The Hall–Kier alpha value is -2.63. The highest BCUT2D eigenvalue weighted by molar-refractivity contribution is 5.98. The van der Waals surface area contributed by atoms with Gasteiger partial charge in [0.1, 0.15) is 11.9 Å². The largest absolute Gasteiger partial charge is 0.474 e. The van der Waals surface area contributed by atoms with E-state index in [4.69, 9.17) is 9.72 Å². The van der Waals surface area contributed by atoms with Gasteiger partial charge < -0.3 is 15.0 Å². The maximum Gasteiger partial charge on any atom is 0.253 e. The highest BCUT2D eigenvalue weighted by Crippen LogP contribution is 2.27. The van der Waals surface area contributed by atoms with Crippen LogP contribution in [0.5, 0.6) is 5.88 Å². The molecule has 4 rings (SSSR count). The predicted octanol–water partition coefficient (Wildman–Crippen LogP) is 2.08. The second-order valence-electron chi connectivity index (χ2n) is 6.28. The molecule has 2 aliphatic rings. The first-order chi connectivity index (χ1) is 11.7. The molecule has 0 bridgehead atoms. The quantitative estimate of drug-likeness (QED) is 0.936. The summed E-state index contributed by atoms with van der Waals surface area (Å²) in [5, 5.41) is 2.83. The molecule has 2 aromatic rings. The highest BCUT2D eigenvalue weighted by atomic mass is 16.5. The van der Waals surface area contributed by atoms with Crippen molar-refractivity contribution in [1.82, 2.24) is 15.3 Å². The second kappa shape index (κ2) is 6.11. The summed E-state index contributed by atoms with van der Waals surface area (Å²) in [7, 11) is 0. The number of anilines is 1. The molecular formula is C18H20N4O2. The number of nitrogens with zero attached hydrogens (tertiary/aromatic N) is 3. The normalized spacial score (nSPS) is 17.5. The van der Waals surface area contributed by atoms with Crippen LogP contribution < -0.4 is 15.0 Å². The van der Waals surface area contributed by atoms with Crippen molar-refractivity contribution in [3.8, 4) is 5.88 Å². The number of amides is 1. The van der Waals surface area contributed by atoms with Gasteiger partial charge in [-0.25, -0.2) is 9.97 Å². The molecule has 0 atom stereocenters. The number of hydrogen-bond acceptors (Lipinski definition) is 5. The van der Waals surface area contributed by atoms with E-state index in [1.165, 1.54) is 0 Å². The fraction of sp³-hybridized carbons (Fsp3) is 0.389. The zero-order chi connectivity index (χ0) is 16.5. The number of rotatable bonds is 3. The van der Waals surface area contributed by atoms with Crippen LogP contribution in [0.2, 0.25) is 0 Å². The number of pyridine rings is 2. The minimum Gasteiger partial charge on any atom is -0.474 e. The van der Waals surface area contributed by atoms with E-state index in [9.17, 15) is 4.79 Å². The number of hydrogen-bond donors (Lipinski definition) is 1. The summed E-state index contributed by atoms with van der Waals surface area (Å²) in [6.07, 6.45) is 3.81. The standard InChI is InChI=1S/C18H20N4O2/c1-12-10-14-15(11-20-18(14)23)21-17(12)22-8-5-13(6-9-22)24-16-4-2-3-7-19-16/h2-4,7,10,13H,5-6,8-9,11H2,1H3,(H,20,23). The summed E-state index contributed by atoms with van der Waals surface area (Å²) in [6.45, 7) is 4.34. The smallest absolute Gasteiger partial charge is 0.253 e. The van der Waals surface area contributed by atoms with Gasteiger partial charge in [0.25, 0.3) is 5.91 Å². The number of piperidine rings is 1. The average molecular weight is 324 g/mol. The molecule has 4 heterocycles. The van der Waals surface area contributed by atoms with Gasteiger partial charge in [-0.15, -0.1) is 0 Å². The third-order valence-corrected chi connectivity index (χ3v) is 4.59. The van der Waals surface area contributed by atoms with E-state index in [0.717, 1.165) is 43.0 Å². The Morgan fingerprint density at radius 3 is 2.88 bits per heavy atom. The first kappa shape index (κ1) is 14.9. The molecule has 2 aliphatic heterocycles. The molecule has 0 radical (unpaired) electrons. The summed E-state index contributed by atoms with van der Waals surface area (Å²) in [6, 6.07) is 7.67. The zero-order valence-corrected chi connectivity index (χ0v) is 13.7. The van der Waals surface area contributed by atoms with Gasteiger partial charge in [0.05, 0.1) is 17.8 Å². The van der Waals surface area contributed by atoms with E-state index in [1.54, 1.807) is 6.20 Å². The van der Waals surface area contributed by atoms with Gasteiger partial charge in [0.15, 0.2) is 0 Å². The van der Waals surface area contributed by atoms with Gasteiger partial charge >= 0.3 is 0 Å². The molecule has 0 unspecified atom stereocenters. The molecule has 1 fully saturated rings. The summed E-state index contributed by atoms with van der Waals surface area (Å²) >= 11 is 0. The number of aromatic nitrogens is 2.